The molecule has 1 aliphatic rings. The van der Waals surface area contributed by atoms with E-state index in [0.29, 0.717) is 12.8 Å². The standard InChI is InChI=1S/C8H12O4/c1-12-8(11)6-4-2-3-5(6)7(9)10/h5-6H,2-4H2,1H3,(H,9,10)/t5-,6+/m0/s1. The van der Waals surface area contributed by atoms with E-state index >= 15 is 0 Å². The average molecular weight is 172 g/mol. The smallest absolute Gasteiger partial charge is 0.309 e. The maximum absolute atomic E-state index is 11.0. The molecule has 0 aliphatic heterocycles. The summed E-state index contributed by atoms with van der Waals surface area (Å²) in [5, 5.41) is 8.72. The van der Waals surface area contributed by atoms with Gasteiger partial charge in [-0.1, -0.05) is 6.42 Å². The Kier molecular flexibility index (Phi) is 2.68. The number of aliphatic carboxylic acids is 1. The third-order valence-corrected chi connectivity index (χ3v) is 2.34. The van der Waals surface area contributed by atoms with Crippen LogP contribution < -0.4 is 0 Å². The van der Waals surface area contributed by atoms with Crippen LogP contribution in [0, 0.1) is 11.8 Å². The van der Waals surface area contributed by atoms with E-state index in [4.69, 9.17) is 5.11 Å². The first-order valence-corrected chi connectivity index (χ1v) is 3.97. The van der Waals surface area contributed by atoms with Crippen LogP contribution in [-0.4, -0.2) is 24.2 Å². The molecule has 0 aromatic heterocycles. The van der Waals surface area contributed by atoms with Crippen LogP contribution in [-0.2, 0) is 14.3 Å². The van der Waals surface area contributed by atoms with Gasteiger partial charge in [0.25, 0.3) is 0 Å². The summed E-state index contributed by atoms with van der Waals surface area (Å²) >= 11 is 0. The number of carboxylic acid groups (broad SMARTS) is 1. The maximum atomic E-state index is 11.0. The Morgan fingerprint density at radius 2 is 1.92 bits per heavy atom. The zero-order valence-electron chi connectivity index (χ0n) is 6.95. The van der Waals surface area contributed by atoms with Crippen LogP contribution in [0.15, 0.2) is 0 Å². The zero-order chi connectivity index (χ0) is 9.14. The van der Waals surface area contributed by atoms with Crippen molar-refractivity contribution in [3.05, 3.63) is 0 Å². The molecule has 2 atom stereocenters. The topological polar surface area (TPSA) is 63.6 Å². The summed E-state index contributed by atoms with van der Waals surface area (Å²) in [6, 6.07) is 0. The molecule has 0 aromatic carbocycles. The molecule has 0 aromatic rings. The van der Waals surface area contributed by atoms with Gasteiger partial charge in [0.1, 0.15) is 0 Å². The minimum Gasteiger partial charge on any atom is -0.481 e. The van der Waals surface area contributed by atoms with E-state index in [0.717, 1.165) is 6.42 Å². The fraction of sp³-hybridized carbons (Fsp3) is 0.750. The Balaban J connectivity index is 2.63. The van der Waals surface area contributed by atoms with E-state index in [1.807, 2.05) is 0 Å². The van der Waals surface area contributed by atoms with Gasteiger partial charge in [0, 0.05) is 0 Å². The molecule has 12 heavy (non-hydrogen) atoms. The van der Waals surface area contributed by atoms with Crippen LogP contribution in [0.4, 0.5) is 0 Å². The lowest BCUT2D eigenvalue weighted by Gasteiger charge is -2.12. The number of ether oxygens (including phenoxy) is 1. The second kappa shape index (κ2) is 3.56. The lowest BCUT2D eigenvalue weighted by molar-refractivity contribution is -0.154. The second-order valence-corrected chi connectivity index (χ2v) is 3.01. The first-order valence-electron chi connectivity index (χ1n) is 3.97. The summed E-state index contributed by atoms with van der Waals surface area (Å²) in [4.78, 5) is 21.7. The number of hydrogen-bond acceptors (Lipinski definition) is 3. The van der Waals surface area contributed by atoms with Crippen molar-refractivity contribution < 1.29 is 19.4 Å². The first-order chi connectivity index (χ1) is 5.66. The van der Waals surface area contributed by atoms with Gasteiger partial charge in [-0.25, -0.2) is 0 Å². The molecule has 0 radical (unpaired) electrons. The molecular weight excluding hydrogens is 160 g/mol. The molecule has 68 valence electrons. The third-order valence-electron chi connectivity index (χ3n) is 2.34. The fourth-order valence-electron chi connectivity index (χ4n) is 1.69. The number of carbonyl (C=O) groups is 2. The molecular formula is C8H12O4. The second-order valence-electron chi connectivity index (χ2n) is 3.01. The molecule has 1 N–H and O–H groups in total. The molecule has 4 heteroatoms. The van der Waals surface area contributed by atoms with Crippen molar-refractivity contribution in [3.8, 4) is 0 Å². The SMILES string of the molecule is COC(=O)[C@@H]1CCC[C@@H]1C(=O)O. The molecule has 0 unspecified atom stereocenters. The highest BCUT2D eigenvalue weighted by Crippen LogP contribution is 2.32. The van der Waals surface area contributed by atoms with Crippen LogP contribution in [0.3, 0.4) is 0 Å². The van der Waals surface area contributed by atoms with Gasteiger partial charge in [-0.2, -0.15) is 0 Å². The van der Waals surface area contributed by atoms with E-state index < -0.39 is 17.8 Å². The number of hydrogen-bond donors (Lipinski definition) is 1. The molecule has 0 amide bonds. The molecule has 1 fully saturated rings. The molecule has 1 rings (SSSR count). The summed E-state index contributed by atoms with van der Waals surface area (Å²) in [6.07, 6.45) is 2.04. The quantitative estimate of drug-likeness (QED) is 0.621. The predicted octanol–water partition coefficient (Wildman–Crippen LogP) is 0.660. The number of rotatable bonds is 2. The van der Waals surface area contributed by atoms with Gasteiger partial charge in [0.15, 0.2) is 0 Å². The van der Waals surface area contributed by atoms with Crippen molar-refractivity contribution in [1.29, 1.82) is 0 Å². The van der Waals surface area contributed by atoms with Crippen LogP contribution in [0.5, 0.6) is 0 Å². The Morgan fingerprint density at radius 1 is 1.33 bits per heavy atom. The lowest BCUT2D eigenvalue weighted by Crippen LogP contribution is -2.26. The van der Waals surface area contributed by atoms with Crippen molar-refractivity contribution in [2.24, 2.45) is 11.8 Å². The van der Waals surface area contributed by atoms with Crippen molar-refractivity contribution in [3.63, 3.8) is 0 Å². The van der Waals surface area contributed by atoms with Gasteiger partial charge in [-0.05, 0) is 12.8 Å². The molecule has 0 heterocycles. The van der Waals surface area contributed by atoms with Crippen LogP contribution in [0.2, 0.25) is 0 Å². The van der Waals surface area contributed by atoms with Gasteiger partial charge >= 0.3 is 11.9 Å². The molecule has 1 saturated carbocycles. The zero-order valence-corrected chi connectivity index (χ0v) is 6.95. The van der Waals surface area contributed by atoms with Crippen LogP contribution in [0.25, 0.3) is 0 Å². The summed E-state index contributed by atoms with van der Waals surface area (Å²) in [7, 11) is 1.29. The summed E-state index contributed by atoms with van der Waals surface area (Å²) in [5.74, 6) is -2.23. The van der Waals surface area contributed by atoms with Crippen LogP contribution in [0.1, 0.15) is 19.3 Å². The highest BCUT2D eigenvalue weighted by atomic mass is 16.5. The van der Waals surface area contributed by atoms with Gasteiger partial charge in [-0.15, -0.1) is 0 Å². The average Bonchev–Trinajstić information content (AvgIpc) is 2.50. The molecule has 0 saturated heterocycles. The maximum Gasteiger partial charge on any atom is 0.309 e. The Labute approximate surface area is 70.5 Å². The Hall–Kier alpha value is -1.06. The molecule has 0 spiro atoms. The molecule has 1 aliphatic carbocycles. The van der Waals surface area contributed by atoms with Gasteiger partial charge < -0.3 is 9.84 Å². The lowest BCUT2D eigenvalue weighted by atomic mass is 9.97. The minimum absolute atomic E-state index is 0.389. The minimum atomic E-state index is -0.886. The van der Waals surface area contributed by atoms with E-state index in [2.05, 4.69) is 4.74 Å². The first kappa shape index (κ1) is 9.03. The number of esters is 1. The summed E-state index contributed by atoms with van der Waals surface area (Å²) < 4.78 is 4.51. The van der Waals surface area contributed by atoms with E-state index in [1.165, 1.54) is 7.11 Å². The highest BCUT2D eigenvalue weighted by molar-refractivity contribution is 5.81. The number of carbonyl (C=O) groups excluding carboxylic acids is 1. The van der Waals surface area contributed by atoms with Crippen molar-refractivity contribution in [2.45, 2.75) is 19.3 Å². The normalized spacial score (nSPS) is 28.4. The van der Waals surface area contributed by atoms with Gasteiger partial charge in [-0.3, -0.25) is 9.59 Å². The van der Waals surface area contributed by atoms with E-state index in [-0.39, 0.29) is 5.97 Å². The number of methoxy groups -OCH3 is 1. The van der Waals surface area contributed by atoms with Crippen LogP contribution >= 0.6 is 0 Å². The van der Waals surface area contributed by atoms with Crippen molar-refractivity contribution >= 4 is 11.9 Å². The number of carboxylic acids is 1. The van der Waals surface area contributed by atoms with Gasteiger partial charge in [0.2, 0.25) is 0 Å². The van der Waals surface area contributed by atoms with E-state index in [9.17, 15) is 9.59 Å². The Morgan fingerprint density at radius 3 is 2.42 bits per heavy atom. The summed E-state index contributed by atoms with van der Waals surface area (Å²) in [6.45, 7) is 0. The fourth-order valence-corrected chi connectivity index (χ4v) is 1.69. The summed E-state index contributed by atoms with van der Waals surface area (Å²) in [5.41, 5.74) is 0. The van der Waals surface area contributed by atoms with Gasteiger partial charge in [0.05, 0.1) is 18.9 Å². The monoisotopic (exact) mass is 172 g/mol. The third kappa shape index (κ3) is 1.57. The highest BCUT2D eigenvalue weighted by Gasteiger charge is 2.38. The molecule has 0 bridgehead atoms. The largest absolute Gasteiger partial charge is 0.481 e. The Bertz CT molecular complexity index is 199. The predicted molar refractivity (Wildman–Crippen MR) is 40.5 cm³/mol. The van der Waals surface area contributed by atoms with Crippen molar-refractivity contribution in [2.75, 3.05) is 7.11 Å². The molecule has 4 nitrogen and oxygen atoms in total. The van der Waals surface area contributed by atoms with E-state index in [1.54, 1.807) is 0 Å². The van der Waals surface area contributed by atoms with Crippen molar-refractivity contribution in [1.82, 2.24) is 0 Å².